The lowest BCUT2D eigenvalue weighted by Gasteiger charge is -2.29. The number of likely N-dealkylation sites (N-methyl/N-ethyl adjacent to an activating group) is 1. The second-order valence-corrected chi connectivity index (χ2v) is 11.2. The van der Waals surface area contributed by atoms with Crippen molar-refractivity contribution >= 4 is 44.2 Å². The highest BCUT2D eigenvalue weighted by Crippen LogP contribution is 2.33. The second-order valence-electron chi connectivity index (χ2n) is 7.98. The molecule has 7 nitrogen and oxygen atoms in total. The third-order valence-corrected chi connectivity index (χ3v) is 8.46. The summed E-state index contributed by atoms with van der Waals surface area (Å²) < 4.78 is 80.7. The molecule has 4 rings (SSSR count). The number of alkyl halides is 3. The number of benzene rings is 1. The van der Waals surface area contributed by atoms with Crippen molar-refractivity contribution < 1.29 is 26.0 Å². The van der Waals surface area contributed by atoms with Gasteiger partial charge in [-0.05, 0) is 31.0 Å². The lowest BCUT2D eigenvalue weighted by Crippen LogP contribution is -2.35. The molecule has 184 valence electrons. The minimum Gasteiger partial charge on any atom is -0.370 e. The zero-order valence-electron chi connectivity index (χ0n) is 18.1. The van der Waals surface area contributed by atoms with Crippen LogP contribution >= 0.6 is 22.7 Å². The molecule has 1 aliphatic heterocycles. The highest BCUT2D eigenvalue weighted by molar-refractivity contribution is 7.92. The summed E-state index contributed by atoms with van der Waals surface area (Å²) in [6.07, 6.45) is -3.73. The fraction of sp³-hybridized carbons (Fsp3) is 0.400. The molecular formula is C20H21F4N5O2S3. The number of nitrogens with one attached hydrogen (secondary N) is 1. The standard InChI is InChI=1S/C20H21F4N5O2S3/c1-12-5-17(34(30,31)27-18-10-32-11-25-18)15(21)6-16(12)28(2)14-3-4-29(8-14)7-13-9-33-19(26-13)20(22,23)24/h5-6,9-11,14,27H,3-4,7-8H2,1-2H3. The van der Waals surface area contributed by atoms with Crippen LogP contribution in [0, 0.1) is 12.7 Å². The van der Waals surface area contributed by atoms with Crippen LogP contribution in [0.1, 0.15) is 22.7 Å². The van der Waals surface area contributed by atoms with Gasteiger partial charge in [0.05, 0.1) is 11.2 Å². The van der Waals surface area contributed by atoms with Gasteiger partial charge in [0.2, 0.25) is 0 Å². The van der Waals surface area contributed by atoms with Gasteiger partial charge in [0, 0.05) is 49.2 Å². The first-order chi connectivity index (χ1) is 15.9. The van der Waals surface area contributed by atoms with Crippen LogP contribution in [0.2, 0.25) is 0 Å². The summed E-state index contributed by atoms with van der Waals surface area (Å²) in [6.45, 7) is 3.21. The smallest absolute Gasteiger partial charge is 0.370 e. The normalized spacial score (nSPS) is 17.3. The fourth-order valence-corrected chi connectivity index (χ4v) is 6.28. The van der Waals surface area contributed by atoms with Crippen LogP contribution in [0.4, 0.5) is 29.1 Å². The third-order valence-electron chi connectivity index (χ3n) is 5.57. The van der Waals surface area contributed by atoms with Crippen molar-refractivity contribution in [3.8, 4) is 0 Å². The van der Waals surface area contributed by atoms with Crippen molar-refractivity contribution in [3.63, 3.8) is 0 Å². The predicted octanol–water partition coefficient (Wildman–Crippen LogP) is 4.58. The topological polar surface area (TPSA) is 78.4 Å². The van der Waals surface area contributed by atoms with Crippen molar-refractivity contribution in [2.75, 3.05) is 29.8 Å². The summed E-state index contributed by atoms with van der Waals surface area (Å²) in [5.74, 6) is -0.760. The van der Waals surface area contributed by atoms with E-state index in [2.05, 4.69) is 14.7 Å². The first kappa shape index (κ1) is 24.8. The molecule has 14 heteroatoms. The number of thiazole rings is 2. The Kier molecular flexibility index (Phi) is 6.86. The molecule has 1 aliphatic rings. The van der Waals surface area contributed by atoms with Crippen LogP contribution in [0.5, 0.6) is 0 Å². The zero-order chi connectivity index (χ0) is 24.7. The van der Waals surface area contributed by atoms with E-state index in [0.717, 1.165) is 6.42 Å². The van der Waals surface area contributed by atoms with Gasteiger partial charge in [-0.15, -0.1) is 22.7 Å². The summed E-state index contributed by atoms with van der Waals surface area (Å²) in [6, 6.07) is 2.47. The van der Waals surface area contributed by atoms with Gasteiger partial charge >= 0.3 is 6.18 Å². The first-order valence-electron chi connectivity index (χ1n) is 10.1. The highest BCUT2D eigenvalue weighted by Gasteiger charge is 2.35. The average Bonchev–Trinajstić information content (AvgIpc) is 3.50. The quantitative estimate of drug-likeness (QED) is 0.447. The molecule has 3 aromatic rings. The summed E-state index contributed by atoms with van der Waals surface area (Å²) in [7, 11) is -2.35. The molecule has 1 N–H and O–H groups in total. The fourth-order valence-electron chi connectivity index (χ4n) is 3.89. The molecule has 1 atom stereocenters. The number of hydrogen-bond donors (Lipinski definition) is 1. The lowest BCUT2D eigenvalue weighted by molar-refractivity contribution is -0.137. The summed E-state index contributed by atoms with van der Waals surface area (Å²) in [5.41, 5.74) is 2.96. The van der Waals surface area contributed by atoms with Crippen LogP contribution in [0.15, 0.2) is 33.3 Å². The van der Waals surface area contributed by atoms with Gasteiger partial charge in [-0.25, -0.2) is 22.8 Å². The van der Waals surface area contributed by atoms with E-state index in [1.165, 1.54) is 39.7 Å². The first-order valence-corrected chi connectivity index (χ1v) is 13.4. The number of hydrogen-bond acceptors (Lipinski definition) is 8. The van der Waals surface area contributed by atoms with Crippen LogP contribution in [-0.4, -0.2) is 49.5 Å². The number of rotatable bonds is 7. The van der Waals surface area contributed by atoms with E-state index in [9.17, 15) is 26.0 Å². The van der Waals surface area contributed by atoms with Crippen molar-refractivity contribution in [3.05, 3.63) is 50.5 Å². The lowest BCUT2D eigenvalue weighted by atomic mass is 10.1. The number of sulfonamides is 1. The maximum Gasteiger partial charge on any atom is 0.443 e. The number of aromatic nitrogens is 2. The van der Waals surface area contributed by atoms with Gasteiger partial charge in [0.1, 0.15) is 10.7 Å². The molecule has 0 bridgehead atoms. The minimum atomic E-state index is -4.45. The van der Waals surface area contributed by atoms with E-state index < -0.39 is 31.9 Å². The van der Waals surface area contributed by atoms with Gasteiger partial charge in [0.25, 0.3) is 10.0 Å². The van der Waals surface area contributed by atoms with Crippen LogP contribution < -0.4 is 9.62 Å². The molecule has 34 heavy (non-hydrogen) atoms. The molecule has 0 spiro atoms. The summed E-state index contributed by atoms with van der Waals surface area (Å²) in [5, 5.41) is 2.06. The van der Waals surface area contributed by atoms with E-state index in [1.54, 1.807) is 14.0 Å². The van der Waals surface area contributed by atoms with Gasteiger partial charge in [-0.2, -0.15) is 13.2 Å². The van der Waals surface area contributed by atoms with Gasteiger partial charge in [-0.3, -0.25) is 9.62 Å². The molecular weight excluding hydrogens is 514 g/mol. The Hall–Kier alpha value is -2.29. The van der Waals surface area contributed by atoms with Crippen LogP contribution in [0.25, 0.3) is 0 Å². The Morgan fingerprint density at radius 1 is 1.29 bits per heavy atom. The van der Waals surface area contributed by atoms with Gasteiger partial charge < -0.3 is 4.90 Å². The monoisotopic (exact) mass is 535 g/mol. The zero-order valence-corrected chi connectivity index (χ0v) is 20.6. The third kappa shape index (κ3) is 5.34. The van der Waals surface area contributed by atoms with Crippen LogP contribution in [-0.2, 0) is 22.7 Å². The number of nitrogens with zero attached hydrogens (tertiary/aromatic N) is 4. The van der Waals surface area contributed by atoms with Crippen LogP contribution in [0.3, 0.4) is 0 Å². The Labute approximate surface area is 202 Å². The van der Waals surface area contributed by atoms with Gasteiger partial charge in [0.15, 0.2) is 10.8 Å². The number of aryl methyl sites for hydroxylation is 1. The molecule has 0 aliphatic carbocycles. The number of likely N-dealkylation sites (tertiary alicyclic amines) is 1. The molecule has 2 aromatic heterocycles. The molecule has 0 amide bonds. The SMILES string of the molecule is Cc1cc(S(=O)(=O)Nc2cscn2)c(F)cc1N(C)C1CCN(Cc2csc(C(F)(F)F)n2)C1. The molecule has 0 radical (unpaired) electrons. The van der Waals surface area contributed by atoms with Gasteiger partial charge in [-0.1, -0.05) is 0 Å². The van der Waals surface area contributed by atoms with E-state index >= 15 is 0 Å². The van der Waals surface area contributed by atoms with Crippen molar-refractivity contribution in [2.45, 2.75) is 37.0 Å². The molecule has 1 aromatic carbocycles. The summed E-state index contributed by atoms with van der Waals surface area (Å²) >= 11 is 1.79. The maximum atomic E-state index is 14.9. The van der Waals surface area contributed by atoms with Crippen molar-refractivity contribution in [1.29, 1.82) is 0 Å². The minimum absolute atomic E-state index is 0.0191. The van der Waals surface area contributed by atoms with Crippen molar-refractivity contribution in [2.24, 2.45) is 0 Å². The van der Waals surface area contributed by atoms with E-state index in [0.29, 0.717) is 47.9 Å². The molecule has 1 saturated heterocycles. The van der Waals surface area contributed by atoms with E-state index in [4.69, 9.17) is 0 Å². The number of anilines is 2. The molecule has 0 saturated carbocycles. The summed E-state index contributed by atoms with van der Waals surface area (Å²) in [4.78, 5) is 11.0. The molecule has 3 heterocycles. The molecule has 1 unspecified atom stereocenters. The Morgan fingerprint density at radius 2 is 2.06 bits per heavy atom. The van der Waals surface area contributed by atoms with E-state index in [-0.39, 0.29) is 11.9 Å². The number of halogens is 4. The second kappa shape index (κ2) is 9.40. The highest BCUT2D eigenvalue weighted by atomic mass is 32.2. The average molecular weight is 536 g/mol. The Morgan fingerprint density at radius 3 is 2.71 bits per heavy atom. The molecule has 1 fully saturated rings. The van der Waals surface area contributed by atoms with E-state index in [1.807, 2.05) is 9.80 Å². The van der Waals surface area contributed by atoms with Crippen molar-refractivity contribution in [1.82, 2.24) is 14.9 Å². The largest absolute Gasteiger partial charge is 0.443 e. The maximum absolute atomic E-state index is 14.9. The Balaban J connectivity index is 1.45. The Bertz CT molecular complexity index is 1260. The predicted molar refractivity (Wildman–Crippen MR) is 123 cm³/mol.